The number of aromatic hydroxyl groups is 1. The fraction of sp³-hybridized carbons (Fsp3) is 0.111. The summed E-state index contributed by atoms with van der Waals surface area (Å²) in [4.78, 5) is 2.50. The van der Waals surface area contributed by atoms with Gasteiger partial charge in [0.2, 0.25) is 0 Å². The molecular weight excluding hydrogens is 204 g/mol. The lowest BCUT2D eigenvalue weighted by Crippen LogP contribution is -1.85. The van der Waals surface area contributed by atoms with Crippen molar-refractivity contribution in [2.75, 3.05) is 6.54 Å². The number of rotatable bonds is 3. The maximum Gasteiger partial charge on any atom is 0.162 e. The van der Waals surface area contributed by atoms with Gasteiger partial charge in [0, 0.05) is 23.1 Å². The van der Waals surface area contributed by atoms with Gasteiger partial charge in [-0.3, -0.25) is 0 Å². The van der Waals surface area contributed by atoms with Gasteiger partial charge in [-0.15, -0.1) is 0 Å². The van der Waals surface area contributed by atoms with E-state index in [0.717, 1.165) is 6.07 Å². The van der Waals surface area contributed by atoms with Gasteiger partial charge >= 0.3 is 0 Å². The van der Waals surface area contributed by atoms with Crippen molar-refractivity contribution in [3.05, 3.63) is 45.8 Å². The molecule has 0 spiro atoms. The lowest BCUT2D eigenvalue weighted by molar-refractivity contribution is 0.453. The highest BCUT2D eigenvalue weighted by Crippen LogP contribution is 2.21. The molecule has 0 aromatic heterocycles. The highest BCUT2D eigenvalue weighted by atomic mass is 19.2. The molecule has 6 heteroatoms. The van der Waals surface area contributed by atoms with Gasteiger partial charge in [-0.25, -0.2) is 8.78 Å². The van der Waals surface area contributed by atoms with Crippen LogP contribution in [0.1, 0.15) is 5.56 Å². The summed E-state index contributed by atoms with van der Waals surface area (Å²) in [5.41, 5.74) is 8.09. The monoisotopic (exact) mass is 211 g/mol. The zero-order chi connectivity index (χ0) is 11.3. The summed E-state index contributed by atoms with van der Waals surface area (Å²) >= 11 is 0. The first-order valence-electron chi connectivity index (χ1n) is 4.00. The van der Waals surface area contributed by atoms with Gasteiger partial charge < -0.3 is 5.11 Å². The Kier molecular flexibility index (Phi) is 3.65. The van der Waals surface area contributed by atoms with Crippen LogP contribution in [0.3, 0.4) is 0 Å². The van der Waals surface area contributed by atoms with Crippen LogP contribution in [-0.4, -0.2) is 11.7 Å². The minimum Gasteiger partial charge on any atom is -0.507 e. The van der Waals surface area contributed by atoms with Gasteiger partial charge in [0.1, 0.15) is 5.75 Å². The van der Waals surface area contributed by atoms with Gasteiger partial charge in [-0.2, -0.15) is 0 Å². The molecule has 0 radical (unpaired) electrons. The molecule has 0 amide bonds. The maximum absolute atomic E-state index is 12.7. The van der Waals surface area contributed by atoms with Crippen molar-refractivity contribution in [1.29, 1.82) is 0 Å². The van der Waals surface area contributed by atoms with Crippen LogP contribution < -0.4 is 0 Å². The summed E-state index contributed by atoms with van der Waals surface area (Å²) < 4.78 is 25.3. The quantitative estimate of drug-likeness (QED) is 0.466. The van der Waals surface area contributed by atoms with Gasteiger partial charge in [-0.05, 0) is 11.6 Å². The number of phenolic OH excluding ortho intramolecular Hbond substituents is 1. The van der Waals surface area contributed by atoms with Gasteiger partial charge in [0.25, 0.3) is 0 Å². The molecule has 0 unspecified atom stereocenters. The van der Waals surface area contributed by atoms with E-state index < -0.39 is 11.6 Å². The molecule has 0 aliphatic heterocycles. The molecule has 1 rings (SSSR count). The number of nitrogens with zero attached hydrogens (tertiary/aromatic N) is 3. The molecule has 1 aromatic carbocycles. The fourth-order valence-corrected chi connectivity index (χ4v) is 0.949. The number of benzene rings is 1. The Morgan fingerprint density at radius 3 is 2.73 bits per heavy atom. The molecule has 0 bridgehead atoms. The zero-order valence-corrected chi connectivity index (χ0v) is 7.56. The standard InChI is InChI=1S/C9H7F2N3O/c10-7-4-6(2-1-3-13-14-12)9(15)5-8(7)11/h1-2,4-5,15H,3H2. The van der Waals surface area contributed by atoms with E-state index in [-0.39, 0.29) is 17.9 Å². The molecule has 0 atom stereocenters. The van der Waals surface area contributed by atoms with E-state index in [1.807, 2.05) is 0 Å². The topological polar surface area (TPSA) is 69.0 Å². The molecule has 0 aliphatic rings. The predicted molar refractivity (Wildman–Crippen MR) is 51.1 cm³/mol. The molecule has 0 aliphatic carbocycles. The van der Waals surface area contributed by atoms with Crippen molar-refractivity contribution in [2.45, 2.75) is 0 Å². The molecule has 15 heavy (non-hydrogen) atoms. The van der Waals surface area contributed by atoms with Crippen molar-refractivity contribution < 1.29 is 13.9 Å². The zero-order valence-electron chi connectivity index (χ0n) is 7.56. The average Bonchev–Trinajstić information content (AvgIpc) is 2.20. The van der Waals surface area contributed by atoms with Crippen LogP contribution in [-0.2, 0) is 0 Å². The molecule has 0 heterocycles. The average molecular weight is 211 g/mol. The SMILES string of the molecule is [N-]=[N+]=NCC=Cc1cc(F)c(F)cc1O. The maximum atomic E-state index is 12.7. The molecule has 1 aromatic rings. The summed E-state index contributed by atoms with van der Waals surface area (Å²) in [5.74, 6) is -2.53. The summed E-state index contributed by atoms with van der Waals surface area (Å²) in [6.45, 7) is 0.0783. The number of phenols is 1. The molecule has 0 fully saturated rings. The molecule has 1 N–H and O–H groups in total. The van der Waals surface area contributed by atoms with Crippen molar-refractivity contribution >= 4 is 6.08 Å². The Morgan fingerprint density at radius 2 is 2.07 bits per heavy atom. The second kappa shape index (κ2) is 4.97. The first-order valence-corrected chi connectivity index (χ1v) is 4.00. The normalized spacial score (nSPS) is 10.3. The molecular formula is C9H7F2N3O. The van der Waals surface area contributed by atoms with Crippen molar-refractivity contribution in [3.63, 3.8) is 0 Å². The third-order valence-corrected chi connectivity index (χ3v) is 1.62. The van der Waals surface area contributed by atoms with Crippen LogP contribution in [0.25, 0.3) is 16.5 Å². The number of azide groups is 1. The third kappa shape index (κ3) is 2.96. The first kappa shape index (κ1) is 11.0. The molecule has 4 nitrogen and oxygen atoms in total. The Hall–Kier alpha value is -2.07. The van der Waals surface area contributed by atoms with Crippen LogP contribution in [0.4, 0.5) is 8.78 Å². The number of hydrogen-bond donors (Lipinski definition) is 1. The minimum atomic E-state index is -1.11. The summed E-state index contributed by atoms with van der Waals surface area (Å²) in [7, 11) is 0. The van der Waals surface area contributed by atoms with E-state index in [4.69, 9.17) is 5.53 Å². The first-order chi connectivity index (χ1) is 7.15. The van der Waals surface area contributed by atoms with E-state index in [0.29, 0.717) is 6.07 Å². The van der Waals surface area contributed by atoms with Crippen molar-refractivity contribution in [1.82, 2.24) is 0 Å². The summed E-state index contributed by atoms with van der Waals surface area (Å²) in [5, 5.41) is 12.4. The highest BCUT2D eigenvalue weighted by molar-refractivity contribution is 5.57. The summed E-state index contributed by atoms with van der Waals surface area (Å²) in [6.07, 6.45) is 2.76. The van der Waals surface area contributed by atoms with Gasteiger partial charge in [0.05, 0.1) is 0 Å². The van der Waals surface area contributed by atoms with Crippen LogP contribution >= 0.6 is 0 Å². The predicted octanol–water partition coefficient (Wildman–Crippen LogP) is 2.99. The van der Waals surface area contributed by atoms with Crippen LogP contribution in [0, 0.1) is 11.6 Å². The third-order valence-electron chi connectivity index (χ3n) is 1.62. The van der Waals surface area contributed by atoms with E-state index >= 15 is 0 Å². The van der Waals surface area contributed by atoms with Crippen LogP contribution in [0.2, 0.25) is 0 Å². The lowest BCUT2D eigenvalue weighted by Gasteiger charge is -1.99. The van der Waals surface area contributed by atoms with E-state index in [1.165, 1.54) is 12.2 Å². The minimum absolute atomic E-state index is 0.0783. The Balaban J connectivity index is 2.90. The molecule has 78 valence electrons. The number of halogens is 2. The van der Waals surface area contributed by atoms with Crippen LogP contribution in [0.15, 0.2) is 23.3 Å². The Bertz CT molecular complexity index is 439. The molecule has 0 saturated carbocycles. The Labute approximate surface area is 84.1 Å². The highest BCUT2D eigenvalue weighted by Gasteiger charge is 2.06. The molecule has 0 saturated heterocycles. The van der Waals surface area contributed by atoms with E-state index in [1.54, 1.807) is 0 Å². The van der Waals surface area contributed by atoms with E-state index in [2.05, 4.69) is 10.0 Å². The van der Waals surface area contributed by atoms with Crippen molar-refractivity contribution in [3.8, 4) is 5.75 Å². The summed E-state index contributed by atoms with van der Waals surface area (Å²) in [6, 6.07) is 1.54. The van der Waals surface area contributed by atoms with Crippen LogP contribution in [0.5, 0.6) is 5.75 Å². The second-order valence-electron chi connectivity index (χ2n) is 2.64. The fourth-order valence-electron chi connectivity index (χ4n) is 0.949. The largest absolute Gasteiger partial charge is 0.507 e. The van der Waals surface area contributed by atoms with Crippen molar-refractivity contribution in [2.24, 2.45) is 5.11 Å². The number of hydrogen-bond acceptors (Lipinski definition) is 2. The second-order valence-corrected chi connectivity index (χ2v) is 2.64. The van der Waals surface area contributed by atoms with Gasteiger partial charge in [-0.1, -0.05) is 17.3 Å². The van der Waals surface area contributed by atoms with E-state index in [9.17, 15) is 13.9 Å². The Morgan fingerprint density at radius 1 is 1.40 bits per heavy atom. The smallest absolute Gasteiger partial charge is 0.162 e. The van der Waals surface area contributed by atoms with Gasteiger partial charge in [0.15, 0.2) is 11.6 Å². The lowest BCUT2D eigenvalue weighted by atomic mass is 10.2.